The molecule has 1 atom stereocenters. The Morgan fingerprint density at radius 2 is 2.39 bits per heavy atom. The molecule has 0 aromatic carbocycles. The van der Waals surface area contributed by atoms with Gasteiger partial charge < -0.3 is 19.5 Å². The second-order valence-corrected chi connectivity index (χ2v) is 5.26. The summed E-state index contributed by atoms with van der Waals surface area (Å²) in [6, 6.07) is 3.05. The average Bonchev–Trinajstić information content (AvgIpc) is 2.46. The van der Waals surface area contributed by atoms with E-state index in [4.69, 9.17) is 9.84 Å². The third kappa shape index (κ3) is 5.61. The van der Waals surface area contributed by atoms with Crippen LogP contribution in [0.2, 0.25) is 0 Å². The van der Waals surface area contributed by atoms with Crippen molar-refractivity contribution in [3.05, 3.63) is 18.3 Å². The molecule has 7 nitrogen and oxygen atoms in total. The molecule has 1 aliphatic heterocycles. The monoisotopic (exact) mass is 331 g/mol. The average molecular weight is 331 g/mol. The van der Waals surface area contributed by atoms with Gasteiger partial charge in [-0.3, -0.25) is 9.69 Å². The quantitative estimate of drug-likeness (QED) is 0.796. The van der Waals surface area contributed by atoms with Crippen LogP contribution in [0.3, 0.4) is 0 Å². The van der Waals surface area contributed by atoms with Crippen LogP contribution in [-0.2, 0) is 9.53 Å². The summed E-state index contributed by atoms with van der Waals surface area (Å²) in [6.45, 7) is -0.789. The van der Waals surface area contributed by atoms with Gasteiger partial charge in [-0.15, -0.1) is 0 Å². The lowest BCUT2D eigenvalue weighted by molar-refractivity contribution is -0.138. The van der Waals surface area contributed by atoms with Gasteiger partial charge in [0.2, 0.25) is 0 Å². The fraction of sp³-hybridized carbons (Fsp3) is 0.571. The van der Waals surface area contributed by atoms with Gasteiger partial charge >= 0.3 is 12.6 Å². The number of alkyl halides is 2. The van der Waals surface area contributed by atoms with Crippen LogP contribution >= 0.6 is 0 Å². The van der Waals surface area contributed by atoms with E-state index in [0.717, 1.165) is 0 Å². The van der Waals surface area contributed by atoms with Gasteiger partial charge in [0.25, 0.3) is 0 Å². The van der Waals surface area contributed by atoms with E-state index >= 15 is 0 Å². The number of nitrogens with zero attached hydrogens (tertiary/aromatic N) is 3. The summed E-state index contributed by atoms with van der Waals surface area (Å²) in [4.78, 5) is 18.4. The number of ether oxygens (including phenoxy) is 2. The number of hydrogen-bond acceptors (Lipinski definition) is 6. The second kappa shape index (κ2) is 8.02. The second-order valence-electron chi connectivity index (χ2n) is 5.26. The minimum absolute atomic E-state index is 0.00903. The van der Waals surface area contributed by atoms with Gasteiger partial charge in [-0.05, 0) is 19.2 Å². The molecular weight excluding hydrogens is 312 g/mol. The van der Waals surface area contributed by atoms with Crippen molar-refractivity contribution in [3.8, 4) is 5.75 Å². The van der Waals surface area contributed by atoms with Crippen molar-refractivity contribution in [2.75, 3.05) is 44.7 Å². The van der Waals surface area contributed by atoms with Crippen LogP contribution in [-0.4, -0.2) is 73.5 Å². The van der Waals surface area contributed by atoms with Crippen LogP contribution in [0, 0.1) is 0 Å². The highest BCUT2D eigenvalue weighted by Gasteiger charge is 2.23. The first kappa shape index (κ1) is 17.4. The highest BCUT2D eigenvalue weighted by atomic mass is 19.3. The number of halogens is 2. The Morgan fingerprint density at radius 1 is 1.61 bits per heavy atom. The van der Waals surface area contributed by atoms with E-state index in [9.17, 15) is 13.6 Å². The maximum absolute atomic E-state index is 12.1. The van der Waals surface area contributed by atoms with Crippen LogP contribution < -0.4 is 9.64 Å². The number of carbonyl (C=O) groups is 1. The number of aliphatic carboxylic acids is 1. The molecule has 0 aliphatic carbocycles. The van der Waals surface area contributed by atoms with Gasteiger partial charge in [-0.1, -0.05) is 0 Å². The molecule has 0 amide bonds. The highest BCUT2D eigenvalue weighted by molar-refractivity contribution is 5.69. The molecule has 0 radical (unpaired) electrons. The highest BCUT2D eigenvalue weighted by Crippen LogP contribution is 2.19. The topological polar surface area (TPSA) is 75.1 Å². The zero-order valence-corrected chi connectivity index (χ0v) is 12.7. The van der Waals surface area contributed by atoms with Crippen molar-refractivity contribution in [2.24, 2.45) is 0 Å². The first-order chi connectivity index (χ1) is 10.9. The number of carboxylic acids is 1. The number of morpholine rings is 1. The summed E-state index contributed by atoms with van der Waals surface area (Å²) in [7, 11) is 1.71. The molecule has 0 saturated carbocycles. The van der Waals surface area contributed by atoms with E-state index in [0.29, 0.717) is 32.1 Å². The predicted molar refractivity (Wildman–Crippen MR) is 78.0 cm³/mol. The summed E-state index contributed by atoms with van der Waals surface area (Å²) in [6.07, 6.45) is 1.11. The van der Waals surface area contributed by atoms with E-state index in [2.05, 4.69) is 9.72 Å². The Morgan fingerprint density at radius 3 is 3.00 bits per heavy atom. The van der Waals surface area contributed by atoms with E-state index in [1.54, 1.807) is 18.0 Å². The summed E-state index contributed by atoms with van der Waals surface area (Å²) in [5.41, 5.74) is 0. The number of pyridine rings is 1. The lowest BCUT2D eigenvalue weighted by Gasteiger charge is -2.35. The number of hydrogen-bond donors (Lipinski definition) is 1. The normalized spacial score (nSPS) is 18.5. The number of likely N-dealkylation sites (N-methyl/N-ethyl adjacent to an activating group) is 1. The van der Waals surface area contributed by atoms with Crippen molar-refractivity contribution in [3.63, 3.8) is 0 Å². The van der Waals surface area contributed by atoms with E-state index in [-0.39, 0.29) is 18.4 Å². The third-order valence-electron chi connectivity index (χ3n) is 3.33. The molecule has 1 N–H and O–H groups in total. The Labute approximate surface area is 132 Å². The van der Waals surface area contributed by atoms with Gasteiger partial charge in [-0.25, -0.2) is 4.98 Å². The molecule has 9 heteroatoms. The summed E-state index contributed by atoms with van der Waals surface area (Å²) >= 11 is 0. The minimum atomic E-state index is -2.87. The van der Waals surface area contributed by atoms with Crippen LogP contribution in [0.5, 0.6) is 5.75 Å². The first-order valence-electron chi connectivity index (χ1n) is 7.12. The third-order valence-corrected chi connectivity index (χ3v) is 3.33. The lowest BCUT2D eigenvalue weighted by atomic mass is 10.2. The largest absolute Gasteiger partial charge is 0.480 e. The van der Waals surface area contributed by atoms with Gasteiger partial charge in [-0.2, -0.15) is 8.78 Å². The number of aromatic nitrogens is 1. The van der Waals surface area contributed by atoms with Gasteiger partial charge in [0, 0.05) is 19.6 Å². The molecule has 2 heterocycles. The van der Waals surface area contributed by atoms with Crippen molar-refractivity contribution in [1.29, 1.82) is 0 Å². The molecule has 2 rings (SSSR count). The zero-order valence-electron chi connectivity index (χ0n) is 12.7. The fourth-order valence-corrected chi connectivity index (χ4v) is 2.41. The van der Waals surface area contributed by atoms with Gasteiger partial charge in [0.1, 0.15) is 11.6 Å². The molecule has 1 fully saturated rings. The SMILES string of the molecule is CN(CC(=O)O)CC1CN(c2ccc(OC(F)F)cn2)CCO1. The van der Waals surface area contributed by atoms with E-state index < -0.39 is 12.6 Å². The molecule has 1 aliphatic rings. The van der Waals surface area contributed by atoms with Crippen LogP contribution in [0.4, 0.5) is 14.6 Å². The Balaban J connectivity index is 1.91. The van der Waals surface area contributed by atoms with Crippen molar-refractivity contribution >= 4 is 11.8 Å². The summed E-state index contributed by atoms with van der Waals surface area (Å²) in [5.74, 6) is -0.244. The van der Waals surface area contributed by atoms with Crippen LogP contribution in [0.25, 0.3) is 0 Å². The Hall–Kier alpha value is -2.00. The van der Waals surface area contributed by atoms with Crippen molar-refractivity contribution in [1.82, 2.24) is 9.88 Å². The molecule has 1 aromatic rings. The van der Waals surface area contributed by atoms with Crippen molar-refractivity contribution < 1.29 is 28.2 Å². The lowest BCUT2D eigenvalue weighted by Crippen LogP contribution is -2.48. The smallest absolute Gasteiger partial charge is 0.387 e. The maximum atomic E-state index is 12.1. The van der Waals surface area contributed by atoms with Crippen molar-refractivity contribution in [2.45, 2.75) is 12.7 Å². The van der Waals surface area contributed by atoms with E-state index in [1.807, 2.05) is 4.90 Å². The molecule has 0 bridgehead atoms. The minimum Gasteiger partial charge on any atom is -0.480 e. The number of rotatable bonds is 7. The summed E-state index contributed by atoms with van der Waals surface area (Å²) in [5, 5.41) is 8.76. The number of anilines is 1. The Bertz CT molecular complexity index is 515. The predicted octanol–water partition coefficient (Wildman–Crippen LogP) is 0.905. The van der Waals surface area contributed by atoms with E-state index in [1.165, 1.54) is 12.3 Å². The molecule has 1 aromatic heterocycles. The molecule has 1 saturated heterocycles. The van der Waals surface area contributed by atoms with Gasteiger partial charge in [0.15, 0.2) is 0 Å². The Kier molecular flexibility index (Phi) is 6.05. The standard InChI is InChI=1S/C14H19F2N3O4/c1-18(9-13(20)21)7-11-8-19(4-5-22-11)12-3-2-10(6-17-12)23-14(15)16/h2-3,6,11,14H,4-5,7-9H2,1H3,(H,20,21). The van der Waals surface area contributed by atoms with Crippen LogP contribution in [0.15, 0.2) is 18.3 Å². The number of carboxylic acid groups (broad SMARTS) is 1. The molecule has 0 spiro atoms. The van der Waals surface area contributed by atoms with Gasteiger partial charge in [0.05, 0.1) is 25.5 Å². The molecule has 23 heavy (non-hydrogen) atoms. The first-order valence-corrected chi connectivity index (χ1v) is 7.12. The maximum Gasteiger partial charge on any atom is 0.387 e. The van der Waals surface area contributed by atoms with Crippen LogP contribution in [0.1, 0.15) is 0 Å². The molecular formula is C14H19F2N3O4. The molecule has 128 valence electrons. The molecule has 1 unspecified atom stereocenters. The summed E-state index contributed by atoms with van der Waals surface area (Å²) < 4.78 is 34.1. The zero-order chi connectivity index (χ0) is 16.8. The fourth-order valence-electron chi connectivity index (χ4n) is 2.41.